The predicted molar refractivity (Wildman–Crippen MR) is 80.8 cm³/mol. The highest BCUT2D eigenvalue weighted by atomic mass is 32.2. The summed E-state index contributed by atoms with van der Waals surface area (Å²) in [7, 11) is 0. The fourth-order valence-electron chi connectivity index (χ4n) is 1.71. The van der Waals surface area contributed by atoms with Gasteiger partial charge in [-0.2, -0.15) is 0 Å². The summed E-state index contributed by atoms with van der Waals surface area (Å²) >= 11 is 1.55. The number of ether oxygens (including phenoxy) is 1. The summed E-state index contributed by atoms with van der Waals surface area (Å²) in [5.41, 5.74) is 0. The van der Waals surface area contributed by atoms with Crippen LogP contribution < -0.4 is 10.1 Å². The molecular formula is C15H23NO2S. The van der Waals surface area contributed by atoms with Gasteiger partial charge in [0, 0.05) is 10.9 Å². The molecule has 1 rings (SSSR count). The third-order valence-corrected chi connectivity index (χ3v) is 3.87. The zero-order valence-electron chi connectivity index (χ0n) is 11.9. The highest BCUT2D eigenvalue weighted by molar-refractivity contribution is 8.00. The number of rotatable bonds is 8. The van der Waals surface area contributed by atoms with Crippen molar-refractivity contribution < 1.29 is 9.53 Å². The molecule has 0 heterocycles. The summed E-state index contributed by atoms with van der Waals surface area (Å²) in [5, 5.41) is 3.03. The van der Waals surface area contributed by atoms with E-state index in [1.807, 2.05) is 31.2 Å². The van der Waals surface area contributed by atoms with Crippen LogP contribution >= 0.6 is 11.8 Å². The molecule has 0 unspecified atom stereocenters. The maximum Gasteiger partial charge on any atom is 0.230 e. The van der Waals surface area contributed by atoms with E-state index in [4.69, 9.17) is 4.74 Å². The summed E-state index contributed by atoms with van der Waals surface area (Å²) in [4.78, 5) is 12.8. The van der Waals surface area contributed by atoms with Crippen molar-refractivity contribution >= 4 is 17.7 Å². The van der Waals surface area contributed by atoms with Crippen LogP contribution in [0.4, 0.5) is 0 Å². The number of benzene rings is 1. The SMILES string of the molecule is CCOc1ccc(SCC(=O)NC(CC)CC)cc1. The van der Waals surface area contributed by atoms with Crippen LogP contribution in [-0.4, -0.2) is 24.3 Å². The van der Waals surface area contributed by atoms with Crippen LogP contribution in [-0.2, 0) is 4.79 Å². The van der Waals surface area contributed by atoms with Gasteiger partial charge in [-0.15, -0.1) is 11.8 Å². The monoisotopic (exact) mass is 281 g/mol. The number of nitrogens with one attached hydrogen (secondary N) is 1. The number of thioether (sulfide) groups is 1. The second kappa shape index (κ2) is 8.86. The van der Waals surface area contributed by atoms with Crippen LogP contribution in [0, 0.1) is 0 Å². The van der Waals surface area contributed by atoms with Crippen LogP contribution in [0.15, 0.2) is 29.2 Å². The summed E-state index contributed by atoms with van der Waals surface area (Å²) in [5.74, 6) is 1.44. The first-order valence-corrected chi connectivity index (χ1v) is 7.83. The fraction of sp³-hybridized carbons (Fsp3) is 0.533. The number of carbonyl (C=O) groups is 1. The molecule has 0 spiro atoms. The molecule has 3 nitrogen and oxygen atoms in total. The van der Waals surface area contributed by atoms with Crippen LogP contribution in [0.25, 0.3) is 0 Å². The van der Waals surface area contributed by atoms with E-state index in [9.17, 15) is 4.79 Å². The Morgan fingerprint density at radius 3 is 2.37 bits per heavy atom. The molecule has 19 heavy (non-hydrogen) atoms. The quantitative estimate of drug-likeness (QED) is 0.741. The Morgan fingerprint density at radius 1 is 1.21 bits per heavy atom. The van der Waals surface area contributed by atoms with E-state index in [2.05, 4.69) is 19.2 Å². The lowest BCUT2D eigenvalue weighted by Gasteiger charge is -2.14. The molecule has 1 aromatic carbocycles. The Labute approximate surface area is 120 Å². The average Bonchev–Trinajstić information content (AvgIpc) is 2.44. The van der Waals surface area contributed by atoms with E-state index < -0.39 is 0 Å². The van der Waals surface area contributed by atoms with E-state index in [1.165, 1.54) is 0 Å². The van der Waals surface area contributed by atoms with Gasteiger partial charge < -0.3 is 10.1 Å². The van der Waals surface area contributed by atoms with Crippen LogP contribution in [0.3, 0.4) is 0 Å². The third kappa shape index (κ3) is 6.01. The lowest BCUT2D eigenvalue weighted by molar-refractivity contribution is -0.119. The minimum atomic E-state index is 0.104. The molecule has 0 saturated carbocycles. The van der Waals surface area contributed by atoms with Crippen LogP contribution in [0.5, 0.6) is 5.75 Å². The minimum Gasteiger partial charge on any atom is -0.494 e. The van der Waals surface area contributed by atoms with Gasteiger partial charge in [-0.1, -0.05) is 13.8 Å². The fourth-order valence-corrected chi connectivity index (χ4v) is 2.42. The summed E-state index contributed by atoms with van der Waals surface area (Å²) in [6.45, 7) is 6.82. The molecule has 0 aromatic heterocycles. The predicted octanol–water partition coefficient (Wildman–Crippen LogP) is 3.48. The number of hydrogen-bond donors (Lipinski definition) is 1. The van der Waals surface area contributed by atoms with Crippen molar-refractivity contribution in [1.82, 2.24) is 5.32 Å². The van der Waals surface area contributed by atoms with Gasteiger partial charge in [-0.3, -0.25) is 4.79 Å². The van der Waals surface area contributed by atoms with E-state index in [0.717, 1.165) is 23.5 Å². The normalized spacial score (nSPS) is 10.5. The van der Waals surface area contributed by atoms with Crippen LogP contribution in [0.1, 0.15) is 33.6 Å². The second-order valence-corrected chi connectivity index (χ2v) is 5.32. The van der Waals surface area contributed by atoms with Gasteiger partial charge in [0.2, 0.25) is 5.91 Å². The largest absolute Gasteiger partial charge is 0.494 e. The third-order valence-electron chi connectivity index (χ3n) is 2.86. The zero-order chi connectivity index (χ0) is 14.1. The van der Waals surface area contributed by atoms with E-state index in [1.54, 1.807) is 11.8 Å². The van der Waals surface area contributed by atoms with Crippen LogP contribution in [0.2, 0.25) is 0 Å². The number of hydrogen-bond acceptors (Lipinski definition) is 3. The molecule has 1 amide bonds. The highest BCUT2D eigenvalue weighted by Crippen LogP contribution is 2.21. The van der Waals surface area contributed by atoms with Crippen molar-refractivity contribution in [2.24, 2.45) is 0 Å². The summed E-state index contributed by atoms with van der Waals surface area (Å²) in [6.07, 6.45) is 1.96. The molecule has 0 atom stereocenters. The Balaban J connectivity index is 2.37. The lowest BCUT2D eigenvalue weighted by atomic mass is 10.2. The first-order valence-electron chi connectivity index (χ1n) is 6.84. The standard InChI is InChI=1S/C15H23NO2S/c1-4-12(5-2)16-15(17)11-19-14-9-7-13(8-10-14)18-6-3/h7-10,12H,4-6,11H2,1-3H3,(H,16,17). The Bertz CT molecular complexity index is 374. The van der Waals surface area contributed by atoms with E-state index in [-0.39, 0.29) is 5.91 Å². The second-order valence-electron chi connectivity index (χ2n) is 4.27. The lowest BCUT2D eigenvalue weighted by Crippen LogP contribution is -2.34. The molecule has 0 radical (unpaired) electrons. The van der Waals surface area contributed by atoms with E-state index in [0.29, 0.717) is 18.4 Å². The Morgan fingerprint density at radius 2 is 1.84 bits per heavy atom. The highest BCUT2D eigenvalue weighted by Gasteiger charge is 2.08. The van der Waals surface area contributed by atoms with Gasteiger partial charge >= 0.3 is 0 Å². The first kappa shape index (κ1) is 15.9. The molecule has 0 aliphatic rings. The van der Waals surface area contributed by atoms with Crippen molar-refractivity contribution in [3.8, 4) is 5.75 Å². The van der Waals surface area contributed by atoms with Gasteiger partial charge in [0.05, 0.1) is 12.4 Å². The van der Waals surface area contributed by atoms with Crippen molar-refractivity contribution in [3.05, 3.63) is 24.3 Å². The molecule has 1 aromatic rings. The first-order chi connectivity index (χ1) is 9.19. The molecule has 0 fully saturated rings. The number of carbonyl (C=O) groups excluding carboxylic acids is 1. The van der Waals surface area contributed by atoms with Crippen molar-refractivity contribution in [1.29, 1.82) is 0 Å². The number of amides is 1. The van der Waals surface area contributed by atoms with Crippen molar-refractivity contribution in [2.45, 2.75) is 44.6 Å². The zero-order valence-corrected chi connectivity index (χ0v) is 12.8. The topological polar surface area (TPSA) is 38.3 Å². The summed E-state index contributed by atoms with van der Waals surface area (Å²) < 4.78 is 5.38. The summed E-state index contributed by atoms with van der Waals surface area (Å²) in [6, 6.07) is 8.14. The Kier molecular flexibility index (Phi) is 7.41. The van der Waals surface area contributed by atoms with Crippen molar-refractivity contribution in [3.63, 3.8) is 0 Å². The van der Waals surface area contributed by atoms with Gasteiger partial charge in [0.25, 0.3) is 0 Å². The smallest absolute Gasteiger partial charge is 0.230 e. The maximum atomic E-state index is 11.8. The van der Waals surface area contributed by atoms with Gasteiger partial charge in [-0.05, 0) is 44.0 Å². The molecule has 1 N–H and O–H groups in total. The van der Waals surface area contributed by atoms with Gasteiger partial charge in [0.15, 0.2) is 0 Å². The maximum absolute atomic E-state index is 11.8. The Hall–Kier alpha value is -1.16. The van der Waals surface area contributed by atoms with Crippen molar-refractivity contribution in [2.75, 3.05) is 12.4 Å². The molecular weight excluding hydrogens is 258 g/mol. The minimum absolute atomic E-state index is 0.104. The molecule has 0 saturated heterocycles. The molecule has 0 aliphatic heterocycles. The van der Waals surface area contributed by atoms with Gasteiger partial charge in [0.1, 0.15) is 5.75 Å². The molecule has 106 valence electrons. The van der Waals surface area contributed by atoms with E-state index >= 15 is 0 Å². The molecule has 4 heteroatoms. The average molecular weight is 281 g/mol. The molecule has 0 bridgehead atoms. The van der Waals surface area contributed by atoms with Gasteiger partial charge in [-0.25, -0.2) is 0 Å². The molecule has 0 aliphatic carbocycles.